The van der Waals surface area contributed by atoms with Crippen molar-refractivity contribution in [3.63, 3.8) is 0 Å². The number of sulfonamides is 1. The third kappa shape index (κ3) is 4.32. The molecule has 0 aliphatic rings. The quantitative estimate of drug-likeness (QED) is 0.636. The maximum atomic E-state index is 11.5. The third-order valence-electron chi connectivity index (χ3n) is 3.75. The van der Waals surface area contributed by atoms with Crippen molar-refractivity contribution >= 4 is 26.7 Å². The van der Waals surface area contributed by atoms with E-state index in [-0.39, 0.29) is 5.75 Å². The monoisotopic (exact) mass is 356 g/mol. The number of nitrogens with zero attached hydrogens (tertiary/aromatic N) is 2. The molecule has 0 aliphatic carbocycles. The van der Waals surface area contributed by atoms with Crippen molar-refractivity contribution in [2.24, 2.45) is 0 Å². The van der Waals surface area contributed by atoms with Crippen LogP contribution in [0.1, 0.15) is 6.92 Å². The first-order chi connectivity index (χ1) is 12.1. The highest BCUT2D eigenvalue weighted by atomic mass is 32.2. The minimum absolute atomic E-state index is 0.0710. The van der Waals surface area contributed by atoms with E-state index in [0.717, 1.165) is 16.5 Å². The number of hydrogen-bond acceptors (Lipinski definition) is 5. The molecule has 0 spiro atoms. The summed E-state index contributed by atoms with van der Waals surface area (Å²) in [5.41, 5.74) is 1.77. The van der Waals surface area contributed by atoms with Crippen molar-refractivity contribution in [2.75, 3.05) is 24.2 Å². The Bertz CT molecular complexity index is 959. The lowest BCUT2D eigenvalue weighted by Gasteiger charge is -2.11. The summed E-state index contributed by atoms with van der Waals surface area (Å²) in [5, 5.41) is 4.12. The first kappa shape index (κ1) is 17.3. The highest BCUT2D eigenvalue weighted by Crippen LogP contribution is 2.24. The Hall–Kier alpha value is -2.51. The maximum absolute atomic E-state index is 11.5. The molecule has 0 fully saturated rings. The molecule has 0 saturated heterocycles. The van der Waals surface area contributed by atoms with E-state index in [1.807, 2.05) is 54.6 Å². The molecule has 7 heteroatoms. The van der Waals surface area contributed by atoms with Crippen LogP contribution in [0.5, 0.6) is 0 Å². The smallest absolute Gasteiger partial charge is 0.211 e. The van der Waals surface area contributed by atoms with Crippen LogP contribution in [0.2, 0.25) is 0 Å². The van der Waals surface area contributed by atoms with Gasteiger partial charge in [0.15, 0.2) is 5.82 Å². The minimum Gasteiger partial charge on any atom is -0.368 e. The van der Waals surface area contributed by atoms with Crippen LogP contribution in [-0.2, 0) is 10.0 Å². The summed E-state index contributed by atoms with van der Waals surface area (Å²) in [7, 11) is -3.19. The minimum atomic E-state index is -3.19. The molecule has 0 unspecified atom stereocenters. The molecule has 0 radical (unpaired) electrons. The average molecular weight is 356 g/mol. The highest BCUT2D eigenvalue weighted by molar-refractivity contribution is 7.89. The first-order valence-electron chi connectivity index (χ1n) is 8.12. The number of benzene rings is 2. The fourth-order valence-corrected chi connectivity index (χ4v) is 3.03. The van der Waals surface area contributed by atoms with Crippen LogP contribution in [0, 0.1) is 0 Å². The summed E-state index contributed by atoms with van der Waals surface area (Å²) < 4.78 is 25.5. The van der Waals surface area contributed by atoms with Gasteiger partial charge < -0.3 is 5.32 Å². The van der Waals surface area contributed by atoms with Gasteiger partial charge in [-0.05, 0) is 19.1 Å². The van der Waals surface area contributed by atoms with Gasteiger partial charge in [0.2, 0.25) is 10.0 Å². The number of fused-ring (bicyclic) bond motifs is 1. The SMILES string of the molecule is CCS(=O)(=O)NCCNc1nc(-c2ccccc2)nc2ccccc12. The summed E-state index contributed by atoms with van der Waals surface area (Å²) in [6.45, 7) is 2.35. The summed E-state index contributed by atoms with van der Waals surface area (Å²) >= 11 is 0. The Kier molecular flexibility index (Phi) is 5.25. The van der Waals surface area contributed by atoms with Gasteiger partial charge in [-0.25, -0.2) is 23.1 Å². The second-order valence-electron chi connectivity index (χ2n) is 5.50. The molecule has 3 rings (SSSR count). The second-order valence-corrected chi connectivity index (χ2v) is 7.60. The lowest BCUT2D eigenvalue weighted by atomic mass is 10.2. The normalized spacial score (nSPS) is 11.6. The second kappa shape index (κ2) is 7.58. The van der Waals surface area contributed by atoms with Crippen LogP contribution in [0.3, 0.4) is 0 Å². The van der Waals surface area contributed by atoms with Crippen LogP contribution in [0.15, 0.2) is 54.6 Å². The Morgan fingerprint density at radius 1 is 0.920 bits per heavy atom. The predicted octanol–water partition coefficient (Wildman–Crippen LogP) is 2.65. The van der Waals surface area contributed by atoms with Crippen molar-refractivity contribution in [1.82, 2.24) is 14.7 Å². The molecule has 3 aromatic rings. The highest BCUT2D eigenvalue weighted by Gasteiger charge is 2.09. The van der Waals surface area contributed by atoms with E-state index in [4.69, 9.17) is 0 Å². The van der Waals surface area contributed by atoms with E-state index < -0.39 is 10.0 Å². The van der Waals surface area contributed by atoms with Gasteiger partial charge in [0.1, 0.15) is 5.82 Å². The molecule has 25 heavy (non-hydrogen) atoms. The van der Waals surface area contributed by atoms with E-state index >= 15 is 0 Å². The number of hydrogen-bond donors (Lipinski definition) is 2. The van der Waals surface area contributed by atoms with Crippen LogP contribution in [0.4, 0.5) is 5.82 Å². The van der Waals surface area contributed by atoms with Gasteiger partial charge >= 0.3 is 0 Å². The molecule has 1 heterocycles. The Morgan fingerprint density at radius 2 is 1.64 bits per heavy atom. The summed E-state index contributed by atoms with van der Waals surface area (Å²) in [6, 6.07) is 17.5. The van der Waals surface area contributed by atoms with E-state index in [0.29, 0.717) is 24.7 Å². The number of anilines is 1. The zero-order valence-corrected chi connectivity index (χ0v) is 14.8. The van der Waals surface area contributed by atoms with E-state index in [1.165, 1.54) is 0 Å². The fourth-order valence-electron chi connectivity index (χ4n) is 2.42. The summed E-state index contributed by atoms with van der Waals surface area (Å²) in [6.07, 6.45) is 0. The van der Waals surface area contributed by atoms with Gasteiger partial charge in [-0.1, -0.05) is 42.5 Å². The number of para-hydroxylation sites is 1. The van der Waals surface area contributed by atoms with Crippen molar-refractivity contribution in [3.05, 3.63) is 54.6 Å². The molecule has 0 aliphatic heterocycles. The van der Waals surface area contributed by atoms with Gasteiger partial charge in [0.25, 0.3) is 0 Å². The van der Waals surface area contributed by atoms with Crippen molar-refractivity contribution in [2.45, 2.75) is 6.92 Å². The van der Waals surface area contributed by atoms with E-state index in [1.54, 1.807) is 6.92 Å². The maximum Gasteiger partial charge on any atom is 0.211 e. The van der Waals surface area contributed by atoms with Crippen molar-refractivity contribution < 1.29 is 8.42 Å². The van der Waals surface area contributed by atoms with Gasteiger partial charge in [-0.3, -0.25) is 0 Å². The van der Waals surface area contributed by atoms with E-state index in [2.05, 4.69) is 20.0 Å². The molecule has 0 atom stereocenters. The number of rotatable bonds is 7. The lowest BCUT2D eigenvalue weighted by molar-refractivity contribution is 0.584. The molecule has 2 aromatic carbocycles. The summed E-state index contributed by atoms with van der Waals surface area (Å²) in [5.74, 6) is 1.40. The molecule has 2 N–H and O–H groups in total. The van der Waals surface area contributed by atoms with Crippen LogP contribution >= 0.6 is 0 Å². The van der Waals surface area contributed by atoms with Gasteiger partial charge in [-0.15, -0.1) is 0 Å². The summed E-state index contributed by atoms with van der Waals surface area (Å²) in [4.78, 5) is 9.25. The first-order valence-corrected chi connectivity index (χ1v) is 9.78. The zero-order chi connectivity index (χ0) is 17.7. The third-order valence-corrected chi connectivity index (χ3v) is 5.16. The van der Waals surface area contributed by atoms with Crippen molar-refractivity contribution in [3.8, 4) is 11.4 Å². The molecular weight excluding hydrogens is 336 g/mol. The van der Waals surface area contributed by atoms with Gasteiger partial charge in [0.05, 0.1) is 11.3 Å². The molecule has 6 nitrogen and oxygen atoms in total. The Morgan fingerprint density at radius 3 is 2.40 bits per heavy atom. The van der Waals surface area contributed by atoms with Gasteiger partial charge in [0, 0.05) is 24.0 Å². The van der Waals surface area contributed by atoms with Crippen LogP contribution < -0.4 is 10.0 Å². The fraction of sp³-hybridized carbons (Fsp3) is 0.222. The number of nitrogens with one attached hydrogen (secondary N) is 2. The molecule has 0 bridgehead atoms. The largest absolute Gasteiger partial charge is 0.368 e. The predicted molar refractivity (Wildman–Crippen MR) is 101 cm³/mol. The molecule has 0 amide bonds. The van der Waals surface area contributed by atoms with E-state index in [9.17, 15) is 8.42 Å². The van der Waals surface area contributed by atoms with Crippen molar-refractivity contribution in [1.29, 1.82) is 0 Å². The lowest BCUT2D eigenvalue weighted by Crippen LogP contribution is -2.30. The van der Waals surface area contributed by atoms with Crippen LogP contribution in [-0.4, -0.2) is 37.2 Å². The molecule has 0 saturated carbocycles. The molecule has 1 aromatic heterocycles. The average Bonchev–Trinajstić information content (AvgIpc) is 2.65. The molecular formula is C18H20N4O2S. The molecule has 130 valence electrons. The van der Waals surface area contributed by atoms with Gasteiger partial charge in [-0.2, -0.15) is 0 Å². The number of aromatic nitrogens is 2. The Labute approximate surface area is 147 Å². The Balaban J connectivity index is 1.86. The zero-order valence-electron chi connectivity index (χ0n) is 13.9. The standard InChI is InChI=1S/C18H20N4O2S/c1-2-25(23,24)20-13-12-19-18-15-10-6-7-11-16(15)21-17(22-18)14-8-4-3-5-9-14/h3-11,20H,2,12-13H2,1H3,(H,19,21,22). The topological polar surface area (TPSA) is 84.0 Å². The van der Waals surface area contributed by atoms with Crippen LogP contribution in [0.25, 0.3) is 22.3 Å².